The van der Waals surface area contributed by atoms with Crippen LogP contribution in [-0.4, -0.2) is 41.3 Å². The molecule has 2 aromatic rings. The molecule has 25 heavy (non-hydrogen) atoms. The van der Waals surface area contributed by atoms with Gasteiger partial charge in [0.25, 0.3) is 0 Å². The third kappa shape index (κ3) is 4.27. The molecule has 4 rings (SSSR count). The van der Waals surface area contributed by atoms with E-state index in [1.807, 2.05) is 18.3 Å². The van der Waals surface area contributed by atoms with Gasteiger partial charge in [0, 0.05) is 32.3 Å². The minimum atomic E-state index is 0.0297. The molecule has 2 fully saturated rings. The summed E-state index contributed by atoms with van der Waals surface area (Å²) in [5.41, 5.74) is 2.41. The molecule has 0 unspecified atom stereocenters. The summed E-state index contributed by atoms with van der Waals surface area (Å²) in [5, 5.41) is 0. The molecule has 0 bridgehead atoms. The molecule has 1 aromatic carbocycles. The number of likely N-dealkylation sites (tertiary alicyclic amines) is 1. The van der Waals surface area contributed by atoms with E-state index >= 15 is 0 Å². The molecular weight excluding hydrogens is 312 g/mol. The number of ether oxygens (including phenoxy) is 2. The molecule has 0 aliphatic carbocycles. The maximum Gasteiger partial charge on any atom is 0.0840 e. The van der Waals surface area contributed by atoms with Crippen molar-refractivity contribution in [3.05, 3.63) is 66.0 Å². The van der Waals surface area contributed by atoms with E-state index in [1.165, 1.54) is 5.56 Å². The molecule has 4 nitrogen and oxygen atoms in total. The molecule has 4 heteroatoms. The molecule has 0 N–H and O–H groups in total. The molecule has 2 aliphatic heterocycles. The van der Waals surface area contributed by atoms with E-state index in [0.29, 0.717) is 6.61 Å². The second-order valence-corrected chi connectivity index (χ2v) is 7.21. The molecule has 132 valence electrons. The first-order valence-electron chi connectivity index (χ1n) is 9.23. The maximum absolute atomic E-state index is 6.21. The lowest BCUT2D eigenvalue weighted by Gasteiger charge is -2.38. The van der Waals surface area contributed by atoms with Crippen molar-refractivity contribution in [2.75, 3.05) is 19.7 Å². The summed E-state index contributed by atoms with van der Waals surface area (Å²) in [6, 6.07) is 16.5. The minimum absolute atomic E-state index is 0.0297. The summed E-state index contributed by atoms with van der Waals surface area (Å²) in [6.45, 7) is 4.48. The van der Waals surface area contributed by atoms with Crippen LogP contribution in [0.4, 0.5) is 0 Å². The van der Waals surface area contributed by atoms with Crippen molar-refractivity contribution >= 4 is 0 Å². The van der Waals surface area contributed by atoms with Gasteiger partial charge in [-0.15, -0.1) is 0 Å². The van der Waals surface area contributed by atoms with Crippen LogP contribution in [0, 0.1) is 0 Å². The fourth-order valence-electron chi connectivity index (χ4n) is 3.89. The molecule has 3 heterocycles. The summed E-state index contributed by atoms with van der Waals surface area (Å²) < 4.78 is 12.3. The minimum Gasteiger partial charge on any atom is -0.372 e. The highest BCUT2D eigenvalue weighted by atomic mass is 16.6. The van der Waals surface area contributed by atoms with Crippen molar-refractivity contribution in [1.29, 1.82) is 0 Å². The van der Waals surface area contributed by atoms with Crippen LogP contribution in [0.2, 0.25) is 0 Å². The van der Waals surface area contributed by atoms with E-state index < -0.39 is 0 Å². The zero-order valence-electron chi connectivity index (χ0n) is 14.6. The lowest BCUT2D eigenvalue weighted by Crippen LogP contribution is -2.44. The van der Waals surface area contributed by atoms with Gasteiger partial charge in [-0.2, -0.15) is 0 Å². The van der Waals surface area contributed by atoms with Crippen LogP contribution in [-0.2, 0) is 22.6 Å². The molecule has 2 aliphatic rings. The summed E-state index contributed by atoms with van der Waals surface area (Å²) in [7, 11) is 0. The van der Waals surface area contributed by atoms with Crippen molar-refractivity contribution in [3.8, 4) is 0 Å². The van der Waals surface area contributed by atoms with Crippen molar-refractivity contribution in [1.82, 2.24) is 9.88 Å². The van der Waals surface area contributed by atoms with E-state index in [0.717, 1.165) is 51.2 Å². The van der Waals surface area contributed by atoms with Crippen molar-refractivity contribution in [3.63, 3.8) is 0 Å². The number of pyridine rings is 1. The van der Waals surface area contributed by atoms with Gasteiger partial charge in [0.05, 0.1) is 30.6 Å². The first-order chi connectivity index (χ1) is 12.3. The molecule has 1 atom stereocenters. The molecule has 1 aromatic heterocycles. The van der Waals surface area contributed by atoms with Crippen LogP contribution in [0.5, 0.6) is 0 Å². The lowest BCUT2D eigenvalue weighted by molar-refractivity contribution is -0.0470. The summed E-state index contributed by atoms with van der Waals surface area (Å²) in [5.74, 6) is 0. The Hall–Kier alpha value is -1.75. The molecular formula is C21H26N2O2. The number of aromatic nitrogens is 1. The van der Waals surface area contributed by atoms with E-state index in [1.54, 1.807) is 0 Å². The number of nitrogens with zero attached hydrogens (tertiary/aromatic N) is 2. The van der Waals surface area contributed by atoms with Crippen LogP contribution < -0.4 is 0 Å². The lowest BCUT2D eigenvalue weighted by atomic mass is 9.88. The summed E-state index contributed by atoms with van der Waals surface area (Å²) >= 11 is 0. The zero-order valence-corrected chi connectivity index (χ0v) is 14.6. The predicted octanol–water partition coefficient (Wildman–Crippen LogP) is 3.42. The highest BCUT2D eigenvalue weighted by molar-refractivity contribution is 5.13. The topological polar surface area (TPSA) is 34.6 Å². The molecule has 1 spiro atoms. The largest absolute Gasteiger partial charge is 0.372 e. The number of piperidine rings is 1. The Labute approximate surface area is 149 Å². The molecule has 0 saturated carbocycles. The van der Waals surface area contributed by atoms with Crippen LogP contribution >= 0.6 is 0 Å². The Morgan fingerprint density at radius 1 is 1.08 bits per heavy atom. The van der Waals surface area contributed by atoms with Gasteiger partial charge < -0.3 is 9.47 Å². The Kier molecular flexibility index (Phi) is 5.11. The van der Waals surface area contributed by atoms with Gasteiger partial charge in [-0.1, -0.05) is 36.4 Å². The van der Waals surface area contributed by atoms with Crippen molar-refractivity contribution < 1.29 is 9.47 Å². The van der Waals surface area contributed by atoms with Gasteiger partial charge in [0.1, 0.15) is 0 Å². The smallest absolute Gasteiger partial charge is 0.0840 e. The van der Waals surface area contributed by atoms with Crippen LogP contribution in [0.1, 0.15) is 30.5 Å². The number of rotatable bonds is 5. The average Bonchev–Trinajstić information content (AvgIpc) is 3.07. The fraction of sp³-hybridized carbons (Fsp3) is 0.476. The Morgan fingerprint density at radius 3 is 2.64 bits per heavy atom. The fourth-order valence-corrected chi connectivity index (χ4v) is 3.89. The number of benzene rings is 1. The quantitative estimate of drug-likeness (QED) is 0.837. The Balaban J connectivity index is 1.24. The first kappa shape index (κ1) is 16.7. The number of hydrogen-bond acceptors (Lipinski definition) is 4. The monoisotopic (exact) mass is 338 g/mol. The summed E-state index contributed by atoms with van der Waals surface area (Å²) in [6.07, 6.45) is 5.30. The van der Waals surface area contributed by atoms with E-state index in [4.69, 9.17) is 9.47 Å². The third-order valence-electron chi connectivity index (χ3n) is 5.38. The predicted molar refractivity (Wildman–Crippen MR) is 97.1 cm³/mol. The van der Waals surface area contributed by atoms with Crippen LogP contribution in [0.25, 0.3) is 0 Å². The summed E-state index contributed by atoms with van der Waals surface area (Å²) in [4.78, 5) is 6.92. The van der Waals surface area contributed by atoms with E-state index in [-0.39, 0.29) is 11.7 Å². The van der Waals surface area contributed by atoms with Gasteiger partial charge in [-0.25, -0.2) is 0 Å². The van der Waals surface area contributed by atoms with Gasteiger partial charge in [-0.05, 0) is 30.5 Å². The first-order valence-corrected chi connectivity index (χ1v) is 9.23. The highest BCUT2D eigenvalue weighted by Crippen LogP contribution is 2.37. The second-order valence-electron chi connectivity index (χ2n) is 7.21. The molecule has 0 amide bonds. The standard InChI is InChI=1S/C21H26N2O2/c1-2-6-18(7-3-1)16-24-20-14-21(25-17-20)9-12-23(13-10-21)15-19-8-4-5-11-22-19/h1-8,11,20H,9-10,12-17H2/t20-/m1/s1. The van der Waals surface area contributed by atoms with Crippen LogP contribution in [0.15, 0.2) is 54.7 Å². The second kappa shape index (κ2) is 7.65. The van der Waals surface area contributed by atoms with Gasteiger partial charge in [-0.3, -0.25) is 9.88 Å². The highest BCUT2D eigenvalue weighted by Gasteiger charge is 2.43. The molecule has 0 radical (unpaired) electrons. The van der Waals surface area contributed by atoms with Crippen molar-refractivity contribution in [2.24, 2.45) is 0 Å². The van der Waals surface area contributed by atoms with Gasteiger partial charge in [0.2, 0.25) is 0 Å². The zero-order chi connectivity index (χ0) is 17.0. The molecule has 2 saturated heterocycles. The Morgan fingerprint density at radius 2 is 1.88 bits per heavy atom. The van der Waals surface area contributed by atoms with Crippen LogP contribution in [0.3, 0.4) is 0 Å². The third-order valence-corrected chi connectivity index (χ3v) is 5.38. The van der Waals surface area contributed by atoms with E-state index in [9.17, 15) is 0 Å². The average molecular weight is 338 g/mol. The van der Waals surface area contributed by atoms with Gasteiger partial charge >= 0.3 is 0 Å². The van der Waals surface area contributed by atoms with Gasteiger partial charge in [0.15, 0.2) is 0 Å². The van der Waals surface area contributed by atoms with E-state index in [2.05, 4.69) is 46.3 Å². The maximum atomic E-state index is 6.21. The Bertz CT molecular complexity index is 654. The number of hydrogen-bond donors (Lipinski definition) is 0. The normalized spacial score (nSPS) is 23.1. The van der Waals surface area contributed by atoms with Crippen molar-refractivity contribution in [2.45, 2.75) is 44.1 Å². The SMILES string of the molecule is c1ccc(CO[C@H]2COC3(CCN(Cc4ccccn4)CC3)C2)cc1.